The monoisotopic (exact) mass is 495 g/mol. The molecule has 1 amide bonds. The van der Waals surface area contributed by atoms with E-state index in [-0.39, 0.29) is 18.0 Å². The van der Waals surface area contributed by atoms with Crippen molar-refractivity contribution in [3.8, 4) is 22.6 Å². The highest BCUT2D eigenvalue weighted by molar-refractivity contribution is 7.19. The predicted molar refractivity (Wildman–Crippen MR) is 145 cm³/mol. The lowest BCUT2D eigenvalue weighted by molar-refractivity contribution is -0.116. The molecule has 0 saturated carbocycles. The number of carbonyl (C=O) groups is 1. The fourth-order valence-electron chi connectivity index (χ4n) is 4.08. The predicted octanol–water partition coefficient (Wildman–Crippen LogP) is 6.48. The number of aryl methyl sites for hydroxylation is 3. The van der Waals surface area contributed by atoms with Crippen LogP contribution in [-0.4, -0.2) is 15.5 Å². The molecule has 5 rings (SSSR count). The van der Waals surface area contributed by atoms with Gasteiger partial charge < -0.3 is 10.1 Å². The maximum Gasteiger partial charge on any atom is 0.263 e. The largest absolute Gasteiger partial charge is 0.457 e. The zero-order chi connectivity index (χ0) is 25.2. The molecule has 2 aromatic heterocycles. The zero-order valence-electron chi connectivity index (χ0n) is 20.2. The lowest BCUT2D eigenvalue weighted by Crippen LogP contribution is -2.27. The first kappa shape index (κ1) is 23.5. The third kappa shape index (κ3) is 4.78. The van der Waals surface area contributed by atoms with Crippen molar-refractivity contribution in [3.63, 3.8) is 0 Å². The number of rotatable bonds is 6. The van der Waals surface area contributed by atoms with E-state index < -0.39 is 0 Å². The fraction of sp³-hybridized carbons (Fsp3) is 0.138. The van der Waals surface area contributed by atoms with Gasteiger partial charge in [-0.3, -0.25) is 14.2 Å². The van der Waals surface area contributed by atoms with Crippen LogP contribution in [0.2, 0.25) is 0 Å². The van der Waals surface area contributed by atoms with Crippen LogP contribution in [0.4, 0.5) is 5.69 Å². The van der Waals surface area contributed by atoms with Crippen LogP contribution in [0, 0.1) is 20.8 Å². The number of hydrogen-bond donors (Lipinski definition) is 1. The highest BCUT2D eigenvalue weighted by Gasteiger charge is 2.18. The second kappa shape index (κ2) is 9.79. The van der Waals surface area contributed by atoms with Crippen molar-refractivity contribution in [3.05, 3.63) is 105 Å². The van der Waals surface area contributed by atoms with Crippen LogP contribution < -0.4 is 15.6 Å². The number of nitrogens with zero attached hydrogens (tertiary/aromatic N) is 2. The van der Waals surface area contributed by atoms with Gasteiger partial charge in [0.1, 0.15) is 22.9 Å². The lowest BCUT2D eigenvalue weighted by atomic mass is 9.99. The van der Waals surface area contributed by atoms with Crippen LogP contribution in [0.25, 0.3) is 21.3 Å². The quantitative estimate of drug-likeness (QED) is 0.293. The average Bonchev–Trinajstić information content (AvgIpc) is 3.21. The van der Waals surface area contributed by atoms with Crippen LogP contribution in [0.5, 0.6) is 11.5 Å². The Balaban J connectivity index is 1.36. The van der Waals surface area contributed by atoms with Crippen molar-refractivity contribution in [1.29, 1.82) is 0 Å². The number of benzene rings is 3. The summed E-state index contributed by atoms with van der Waals surface area (Å²) in [7, 11) is 0. The Morgan fingerprint density at radius 1 is 0.944 bits per heavy atom. The molecule has 0 spiro atoms. The molecule has 0 unspecified atom stereocenters. The highest BCUT2D eigenvalue weighted by Crippen LogP contribution is 2.36. The molecule has 36 heavy (non-hydrogen) atoms. The number of thiophene rings is 1. The van der Waals surface area contributed by atoms with E-state index in [0.29, 0.717) is 21.7 Å². The highest BCUT2D eigenvalue weighted by atomic mass is 32.1. The van der Waals surface area contributed by atoms with Crippen molar-refractivity contribution in [2.24, 2.45) is 0 Å². The summed E-state index contributed by atoms with van der Waals surface area (Å²) >= 11 is 1.49. The van der Waals surface area contributed by atoms with Crippen LogP contribution in [-0.2, 0) is 11.3 Å². The van der Waals surface area contributed by atoms with E-state index in [2.05, 4.69) is 36.3 Å². The average molecular weight is 496 g/mol. The maximum atomic E-state index is 13.4. The van der Waals surface area contributed by atoms with Gasteiger partial charge in [0, 0.05) is 16.1 Å². The van der Waals surface area contributed by atoms with Gasteiger partial charge in [0.2, 0.25) is 5.91 Å². The third-order valence-electron chi connectivity index (χ3n) is 6.08. The summed E-state index contributed by atoms with van der Waals surface area (Å²) in [6, 6.07) is 22.8. The molecule has 0 aliphatic carbocycles. The fourth-order valence-corrected chi connectivity index (χ4v) is 5.08. The van der Waals surface area contributed by atoms with Crippen LogP contribution in [0.15, 0.2) is 83.9 Å². The van der Waals surface area contributed by atoms with Crippen molar-refractivity contribution < 1.29 is 9.53 Å². The Labute approximate surface area is 212 Å². The standard InChI is InChI=1S/C29H25N3O3S/c1-18-9-10-21(15-19(18)2)26-20(3)36-28-27(26)29(34)32(17-30-28)16-25(33)31-22-11-13-24(14-12-22)35-23-7-5-4-6-8-23/h4-15,17H,16H2,1-3H3,(H,31,33). The van der Waals surface area contributed by atoms with E-state index in [1.54, 1.807) is 24.3 Å². The SMILES string of the molecule is Cc1ccc(-c2c(C)sc3ncn(CC(=O)Nc4ccc(Oc5ccccc5)cc4)c(=O)c23)cc1C. The van der Waals surface area contributed by atoms with E-state index in [9.17, 15) is 9.59 Å². The molecular weight excluding hydrogens is 470 g/mol. The minimum absolute atomic E-state index is 0.134. The van der Waals surface area contributed by atoms with Crippen LogP contribution >= 0.6 is 11.3 Å². The minimum Gasteiger partial charge on any atom is -0.457 e. The number of carbonyl (C=O) groups excluding carboxylic acids is 1. The Bertz CT molecular complexity index is 1620. The smallest absolute Gasteiger partial charge is 0.263 e. The normalized spacial score (nSPS) is 11.0. The van der Waals surface area contributed by atoms with Gasteiger partial charge in [-0.1, -0.05) is 36.4 Å². The van der Waals surface area contributed by atoms with Crippen molar-refractivity contribution in [2.45, 2.75) is 27.3 Å². The number of fused-ring (bicyclic) bond motifs is 1. The number of ether oxygens (including phenoxy) is 1. The lowest BCUT2D eigenvalue weighted by Gasteiger charge is -2.10. The van der Waals surface area contributed by atoms with E-state index >= 15 is 0 Å². The Hall–Kier alpha value is -4.23. The summed E-state index contributed by atoms with van der Waals surface area (Å²) in [6.45, 7) is 5.99. The molecule has 1 N–H and O–H groups in total. The molecule has 0 radical (unpaired) electrons. The number of nitrogens with one attached hydrogen (secondary N) is 1. The second-order valence-electron chi connectivity index (χ2n) is 8.68. The van der Waals surface area contributed by atoms with Crippen LogP contribution in [0.3, 0.4) is 0 Å². The molecule has 0 aliphatic heterocycles. The molecule has 180 valence electrons. The van der Waals surface area contributed by atoms with Gasteiger partial charge in [0.15, 0.2) is 0 Å². The summed E-state index contributed by atoms with van der Waals surface area (Å²) in [5.74, 6) is 1.09. The van der Waals surface area contributed by atoms with E-state index in [1.165, 1.54) is 27.8 Å². The summed E-state index contributed by atoms with van der Waals surface area (Å²) in [5, 5.41) is 3.40. The molecule has 0 bridgehead atoms. The first-order chi connectivity index (χ1) is 17.4. The van der Waals surface area contributed by atoms with Gasteiger partial charge >= 0.3 is 0 Å². The van der Waals surface area contributed by atoms with Crippen molar-refractivity contribution in [2.75, 3.05) is 5.32 Å². The first-order valence-electron chi connectivity index (χ1n) is 11.6. The number of aromatic nitrogens is 2. The van der Waals surface area contributed by atoms with E-state index in [0.717, 1.165) is 27.3 Å². The third-order valence-corrected chi connectivity index (χ3v) is 7.09. The molecule has 5 aromatic rings. The second-order valence-corrected chi connectivity index (χ2v) is 9.88. The summed E-state index contributed by atoms with van der Waals surface area (Å²) in [5.41, 5.74) is 4.63. The molecule has 7 heteroatoms. The minimum atomic E-state index is -0.311. The van der Waals surface area contributed by atoms with E-state index in [1.807, 2.05) is 43.3 Å². The number of amides is 1. The van der Waals surface area contributed by atoms with E-state index in [4.69, 9.17) is 4.74 Å². The molecule has 6 nitrogen and oxygen atoms in total. The maximum absolute atomic E-state index is 13.4. The van der Waals surface area contributed by atoms with Crippen molar-refractivity contribution >= 4 is 33.1 Å². The summed E-state index contributed by atoms with van der Waals surface area (Å²) < 4.78 is 7.15. The molecule has 2 heterocycles. The molecular formula is C29H25N3O3S. The molecule has 3 aromatic carbocycles. The molecule has 0 aliphatic rings. The molecule has 0 saturated heterocycles. The van der Waals surface area contributed by atoms with Gasteiger partial charge in [0.05, 0.1) is 11.7 Å². The Morgan fingerprint density at radius 3 is 2.39 bits per heavy atom. The van der Waals surface area contributed by atoms with Gasteiger partial charge in [-0.15, -0.1) is 11.3 Å². The number of hydrogen-bond acceptors (Lipinski definition) is 5. The first-order valence-corrected chi connectivity index (χ1v) is 12.4. The van der Waals surface area contributed by atoms with Gasteiger partial charge in [-0.2, -0.15) is 0 Å². The van der Waals surface area contributed by atoms with Crippen molar-refractivity contribution in [1.82, 2.24) is 9.55 Å². The Morgan fingerprint density at radius 2 is 1.67 bits per heavy atom. The van der Waals surface area contributed by atoms with Gasteiger partial charge in [-0.05, 0) is 73.9 Å². The number of anilines is 1. The Kier molecular flexibility index (Phi) is 6.40. The van der Waals surface area contributed by atoms with Gasteiger partial charge in [0.25, 0.3) is 5.56 Å². The van der Waals surface area contributed by atoms with Gasteiger partial charge in [-0.25, -0.2) is 4.98 Å². The summed E-state index contributed by atoms with van der Waals surface area (Å²) in [6.07, 6.45) is 1.45. The number of para-hydroxylation sites is 1. The molecule has 0 atom stereocenters. The topological polar surface area (TPSA) is 73.2 Å². The molecule has 0 fully saturated rings. The summed E-state index contributed by atoms with van der Waals surface area (Å²) in [4.78, 5) is 32.4. The van der Waals surface area contributed by atoms with Crippen LogP contribution in [0.1, 0.15) is 16.0 Å². The zero-order valence-corrected chi connectivity index (χ0v) is 21.1.